The van der Waals surface area contributed by atoms with Crippen molar-refractivity contribution in [3.05, 3.63) is 0 Å². The Hall–Kier alpha value is -0.650. The van der Waals surface area contributed by atoms with Crippen molar-refractivity contribution in [2.45, 2.75) is 32.4 Å². The summed E-state index contributed by atoms with van der Waals surface area (Å²) < 4.78 is 5.37. The third kappa shape index (κ3) is 3.43. The molecule has 5 nitrogen and oxygen atoms in total. The number of hydrogen-bond donors (Lipinski definition) is 2. The molecule has 2 unspecified atom stereocenters. The highest BCUT2D eigenvalue weighted by Gasteiger charge is 2.31. The molecule has 1 aliphatic heterocycles. The maximum atomic E-state index is 11.9. The Morgan fingerprint density at radius 3 is 3.06 bits per heavy atom. The number of carbonyl (C=O) groups excluding carboxylic acids is 1. The normalized spacial score (nSPS) is 24.1. The van der Waals surface area contributed by atoms with Crippen molar-refractivity contribution in [3.8, 4) is 0 Å². The van der Waals surface area contributed by atoms with Gasteiger partial charge < -0.3 is 15.8 Å². The van der Waals surface area contributed by atoms with Crippen molar-refractivity contribution >= 4 is 5.91 Å². The lowest BCUT2D eigenvalue weighted by atomic mass is 10.1. The van der Waals surface area contributed by atoms with Crippen molar-refractivity contribution in [3.63, 3.8) is 0 Å². The highest BCUT2D eigenvalue weighted by molar-refractivity contribution is 5.82. The number of rotatable bonds is 5. The minimum atomic E-state index is -0.157. The van der Waals surface area contributed by atoms with Gasteiger partial charge in [0.2, 0.25) is 5.91 Å². The largest absolute Gasteiger partial charge is 0.378 e. The zero-order valence-electron chi connectivity index (χ0n) is 10.2. The Morgan fingerprint density at radius 1 is 1.69 bits per heavy atom. The summed E-state index contributed by atoms with van der Waals surface area (Å²) in [7, 11) is 0. The van der Waals surface area contributed by atoms with Crippen LogP contribution in [0.25, 0.3) is 0 Å². The molecule has 16 heavy (non-hydrogen) atoms. The number of amides is 1. The number of ether oxygens (including phenoxy) is 1. The van der Waals surface area contributed by atoms with Crippen LogP contribution in [0, 0.1) is 0 Å². The quantitative estimate of drug-likeness (QED) is 0.671. The molecule has 2 atom stereocenters. The molecular weight excluding hydrogens is 206 g/mol. The summed E-state index contributed by atoms with van der Waals surface area (Å²) in [6.45, 7) is 7.35. The fraction of sp³-hybridized carbons (Fsp3) is 0.909. The maximum Gasteiger partial charge on any atom is 0.239 e. The first-order valence-electron chi connectivity index (χ1n) is 6.02. The summed E-state index contributed by atoms with van der Waals surface area (Å²) in [6, 6.07) is 0.178. The Balaban J connectivity index is 2.59. The molecule has 1 rings (SSSR count). The highest BCUT2D eigenvalue weighted by atomic mass is 16.5. The van der Waals surface area contributed by atoms with E-state index in [1.54, 1.807) is 0 Å². The fourth-order valence-electron chi connectivity index (χ4n) is 2.07. The lowest BCUT2D eigenvalue weighted by Gasteiger charge is -2.38. The van der Waals surface area contributed by atoms with E-state index in [4.69, 9.17) is 10.5 Å². The van der Waals surface area contributed by atoms with Crippen LogP contribution >= 0.6 is 0 Å². The van der Waals surface area contributed by atoms with E-state index in [0.717, 1.165) is 13.0 Å². The maximum absolute atomic E-state index is 11.9. The SMILES string of the molecule is CCNC(=O)C1COCCN1C(C)CCN. The van der Waals surface area contributed by atoms with Crippen LogP contribution in [-0.2, 0) is 9.53 Å². The van der Waals surface area contributed by atoms with Crippen LogP contribution in [0.3, 0.4) is 0 Å². The van der Waals surface area contributed by atoms with Gasteiger partial charge in [0.1, 0.15) is 6.04 Å². The molecule has 1 amide bonds. The molecule has 0 aromatic rings. The Morgan fingerprint density at radius 2 is 2.44 bits per heavy atom. The zero-order valence-corrected chi connectivity index (χ0v) is 10.2. The predicted molar refractivity (Wildman–Crippen MR) is 63.1 cm³/mol. The third-order valence-corrected chi connectivity index (χ3v) is 2.97. The molecule has 0 aromatic heterocycles. The molecule has 0 spiro atoms. The van der Waals surface area contributed by atoms with Crippen molar-refractivity contribution in [2.75, 3.05) is 32.8 Å². The van der Waals surface area contributed by atoms with Crippen LogP contribution in [0.5, 0.6) is 0 Å². The number of likely N-dealkylation sites (N-methyl/N-ethyl adjacent to an activating group) is 1. The second kappa shape index (κ2) is 6.83. The second-order valence-corrected chi connectivity index (χ2v) is 4.15. The third-order valence-electron chi connectivity index (χ3n) is 2.97. The van der Waals surface area contributed by atoms with Gasteiger partial charge in [-0.2, -0.15) is 0 Å². The van der Waals surface area contributed by atoms with E-state index < -0.39 is 0 Å². The number of nitrogens with zero attached hydrogens (tertiary/aromatic N) is 1. The highest BCUT2D eigenvalue weighted by Crippen LogP contribution is 2.13. The first kappa shape index (κ1) is 13.4. The molecule has 94 valence electrons. The van der Waals surface area contributed by atoms with Gasteiger partial charge in [-0.15, -0.1) is 0 Å². The van der Waals surface area contributed by atoms with Gasteiger partial charge in [-0.05, 0) is 26.8 Å². The molecule has 0 aliphatic carbocycles. The van der Waals surface area contributed by atoms with E-state index in [-0.39, 0.29) is 11.9 Å². The molecular formula is C11H23N3O2. The van der Waals surface area contributed by atoms with Crippen LogP contribution in [0.4, 0.5) is 0 Å². The van der Waals surface area contributed by atoms with Crippen molar-refractivity contribution in [1.29, 1.82) is 0 Å². The van der Waals surface area contributed by atoms with Gasteiger partial charge >= 0.3 is 0 Å². The molecule has 0 bridgehead atoms. The van der Waals surface area contributed by atoms with Crippen LogP contribution in [-0.4, -0.2) is 55.7 Å². The molecule has 1 fully saturated rings. The van der Waals surface area contributed by atoms with Crippen LogP contribution in [0.1, 0.15) is 20.3 Å². The molecule has 1 aliphatic rings. The fourth-order valence-corrected chi connectivity index (χ4v) is 2.07. The summed E-state index contributed by atoms with van der Waals surface area (Å²) in [5.41, 5.74) is 5.56. The van der Waals surface area contributed by atoms with Crippen molar-refractivity contribution < 1.29 is 9.53 Å². The lowest BCUT2D eigenvalue weighted by Crippen LogP contribution is -2.56. The standard InChI is InChI=1S/C11H23N3O2/c1-3-13-11(15)10-8-16-7-6-14(10)9(2)4-5-12/h9-10H,3-8,12H2,1-2H3,(H,13,15). The second-order valence-electron chi connectivity index (χ2n) is 4.15. The topological polar surface area (TPSA) is 67.6 Å². The predicted octanol–water partition coefficient (Wildman–Crippen LogP) is -0.439. The Kier molecular flexibility index (Phi) is 5.73. The summed E-state index contributed by atoms with van der Waals surface area (Å²) in [4.78, 5) is 14.0. The first-order chi connectivity index (χ1) is 7.70. The molecule has 1 heterocycles. The minimum Gasteiger partial charge on any atom is -0.378 e. The summed E-state index contributed by atoms with van der Waals surface area (Å²) in [6.07, 6.45) is 0.913. The van der Waals surface area contributed by atoms with Gasteiger partial charge in [-0.1, -0.05) is 0 Å². The van der Waals surface area contributed by atoms with Gasteiger partial charge in [-0.25, -0.2) is 0 Å². The number of nitrogens with two attached hydrogens (primary N) is 1. The number of carbonyl (C=O) groups is 1. The van der Waals surface area contributed by atoms with Gasteiger partial charge in [0, 0.05) is 19.1 Å². The zero-order chi connectivity index (χ0) is 12.0. The van der Waals surface area contributed by atoms with Crippen LogP contribution < -0.4 is 11.1 Å². The lowest BCUT2D eigenvalue weighted by molar-refractivity contribution is -0.134. The number of morpholine rings is 1. The molecule has 5 heteroatoms. The van der Waals surface area contributed by atoms with Gasteiger partial charge in [0.05, 0.1) is 13.2 Å². The van der Waals surface area contributed by atoms with Gasteiger partial charge in [0.15, 0.2) is 0 Å². The van der Waals surface area contributed by atoms with Crippen molar-refractivity contribution in [1.82, 2.24) is 10.2 Å². The summed E-state index contributed by atoms with van der Waals surface area (Å²) in [5.74, 6) is 0.0612. The van der Waals surface area contributed by atoms with E-state index >= 15 is 0 Å². The number of nitrogens with one attached hydrogen (secondary N) is 1. The summed E-state index contributed by atoms with van der Waals surface area (Å²) in [5, 5.41) is 2.85. The summed E-state index contributed by atoms with van der Waals surface area (Å²) >= 11 is 0. The molecule has 0 radical (unpaired) electrons. The van der Waals surface area contributed by atoms with Crippen LogP contribution in [0.2, 0.25) is 0 Å². The van der Waals surface area contributed by atoms with E-state index in [1.807, 2.05) is 6.92 Å². The van der Waals surface area contributed by atoms with E-state index in [1.165, 1.54) is 0 Å². The van der Waals surface area contributed by atoms with E-state index in [2.05, 4.69) is 17.1 Å². The van der Waals surface area contributed by atoms with Crippen molar-refractivity contribution in [2.24, 2.45) is 5.73 Å². The Labute approximate surface area is 97.3 Å². The smallest absolute Gasteiger partial charge is 0.239 e. The molecule has 3 N–H and O–H groups in total. The number of hydrogen-bond acceptors (Lipinski definition) is 4. The molecule has 0 aromatic carbocycles. The minimum absolute atomic E-state index is 0.0612. The van der Waals surface area contributed by atoms with Gasteiger partial charge in [0.25, 0.3) is 0 Å². The van der Waals surface area contributed by atoms with E-state index in [0.29, 0.717) is 32.3 Å². The van der Waals surface area contributed by atoms with E-state index in [9.17, 15) is 4.79 Å². The average molecular weight is 229 g/mol. The van der Waals surface area contributed by atoms with Gasteiger partial charge in [-0.3, -0.25) is 9.69 Å². The molecule has 0 saturated carbocycles. The monoisotopic (exact) mass is 229 g/mol. The van der Waals surface area contributed by atoms with Crippen LogP contribution in [0.15, 0.2) is 0 Å². The average Bonchev–Trinajstić information content (AvgIpc) is 2.30. The molecule has 1 saturated heterocycles. The first-order valence-corrected chi connectivity index (χ1v) is 6.02. The Bertz CT molecular complexity index is 223.